The summed E-state index contributed by atoms with van der Waals surface area (Å²) in [6.07, 6.45) is 7.75. The van der Waals surface area contributed by atoms with E-state index in [1.807, 2.05) is 0 Å². The highest BCUT2D eigenvalue weighted by Gasteiger charge is 2.16. The number of nitrogens with zero attached hydrogens (tertiary/aromatic N) is 3. The van der Waals surface area contributed by atoms with E-state index in [0.717, 1.165) is 0 Å². The Morgan fingerprint density at radius 1 is 1.32 bits per heavy atom. The average Bonchev–Trinajstić information content (AvgIpc) is 3.23. The molecular weight excluding hydrogens is 408 g/mol. The SMILES string of the molecule is Nc1c(C=C2C=CC(=O)C(Br)=C2)c(=O)nc2sc(-c3ccco3)nn12. The zero-order chi connectivity index (χ0) is 17.6. The summed E-state index contributed by atoms with van der Waals surface area (Å²) >= 11 is 4.38. The van der Waals surface area contributed by atoms with Gasteiger partial charge >= 0.3 is 0 Å². The monoisotopic (exact) mass is 416 g/mol. The Morgan fingerprint density at radius 2 is 2.16 bits per heavy atom. The van der Waals surface area contributed by atoms with Gasteiger partial charge in [0, 0.05) is 0 Å². The van der Waals surface area contributed by atoms with Crippen molar-refractivity contribution < 1.29 is 9.21 Å². The van der Waals surface area contributed by atoms with Gasteiger partial charge in [-0.15, -0.1) is 5.10 Å². The van der Waals surface area contributed by atoms with E-state index in [-0.39, 0.29) is 17.2 Å². The van der Waals surface area contributed by atoms with Crippen LogP contribution in [0.1, 0.15) is 5.56 Å². The maximum absolute atomic E-state index is 12.4. The van der Waals surface area contributed by atoms with Crippen LogP contribution in [0, 0.1) is 0 Å². The van der Waals surface area contributed by atoms with Crippen molar-refractivity contribution in [2.45, 2.75) is 0 Å². The van der Waals surface area contributed by atoms with Gasteiger partial charge in [0.25, 0.3) is 5.56 Å². The molecule has 0 spiro atoms. The number of allylic oxidation sites excluding steroid dienone is 5. The quantitative estimate of drug-likeness (QED) is 0.688. The Morgan fingerprint density at radius 3 is 2.88 bits per heavy atom. The molecule has 0 amide bonds. The number of anilines is 1. The molecule has 25 heavy (non-hydrogen) atoms. The highest BCUT2D eigenvalue weighted by atomic mass is 79.9. The molecule has 7 nitrogen and oxygen atoms in total. The zero-order valence-electron chi connectivity index (χ0n) is 12.5. The normalized spacial score (nSPS) is 16.0. The van der Waals surface area contributed by atoms with Crippen molar-refractivity contribution in [3.8, 4) is 10.8 Å². The summed E-state index contributed by atoms with van der Waals surface area (Å²) in [5.74, 6) is 0.604. The second kappa shape index (κ2) is 5.94. The van der Waals surface area contributed by atoms with Crippen molar-refractivity contribution >= 4 is 49.9 Å². The summed E-state index contributed by atoms with van der Waals surface area (Å²) in [7, 11) is 0. The summed E-state index contributed by atoms with van der Waals surface area (Å²) in [5.41, 5.74) is 6.53. The van der Waals surface area contributed by atoms with Crippen LogP contribution in [0.3, 0.4) is 0 Å². The van der Waals surface area contributed by atoms with Gasteiger partial charge in [-0.1, -0.05) is 17.4 Å². The molecule has 9 heteroatoms. The van der Waals surface area contributed by atoms with Crippen LogP contribution in [0.4, 0.5) is 5.82 Å². The van der Waals surface area contributed by atoms with Crippen LogP contribution in [0.15, 0.2) is 55.9 Å². The van der Waals surface area contributed by atoms with E-state index >= 15 is 0 Å². The second-order valence-corrected chi connectivity index (χ2v) is 6.94. The number of halogens is 1. The van der Waals surface area contributed by atoms with Gasteiger partial charge in [-0.2, -0.15) is 9.50 Å². The first-order chi connectivity index (χ1) is 12.0. The van der Waals surface area contributed by atoms with E-state index < -0.39 is 5.56 Å². The minimum Gasteiger partial charge on any atom is -0.462 e. The fourth-order valence-electron chi connectivity index (χ4n) is 2.29. The Balaban J connectivity index is 1.87. The molecule has 3 aromatic rings. The van der Waals surface area contributed by atoms with E-state index in [1.165, 1.54) is 21.9 Å². The third kappa shape index (κ3) is 2.77. The standard InChI is InChI=1S/C16H9BrN4O3S/c17-10-7-8(3-4-11(10)22)6-9-13(18)21-16(19-14(9)23)25-15(20-21)12-2-1-5-24-12/h1-7H,18H2. The molecule has 0 aliphatic heterocycles. The van der Waals surface area contributed by atoms with Crippen molar-refractivity contribution in [3.05, 3.63) is 62.6 Å². The molecule has 0 saturated carbocycles. The summed E-state index contributed by atoms with van der Waals surface area (Å²) in [6.45, 7) is 0. The van der Waals surface area contributed by atoms with Crippen molar-refractivity contribution in [3.63, 3.8) is 0 Å². The summed E-state index contributed by atoms with van der Waals surface area (Å²) < 4.78 is 7.13. The van der Waals surface area contributed by atoms with Gasteiger partial charge < -0.3 is 10.2 Å². The van der Waals surface area contributed by atoms with Crippen LogP contribution < -0.4 is 11.3 Å². The number of nitrogen functional groups attached to an aromatic ring is 1. The van der Waals surface area contributed by atoms with Crippen LogP contribution in [-0.4, -0.2) is 20.4 Å². The smallest absolute Gasteiger partial charge is 0.283 e. The first-order valence-electron chi connectivity index (χ1n) is 7.07. The largest absolute Gasteiger partial charge is 0.462 e. The van der Waals surface area contributed by atoms with Crippen LogP contribution in [0.5, 0.6) is 0 Å². The lowest BCUT2D eigenvalue weighted by molar-refractivity contribution is -0.110. The molecule has 0 fully saturated rings. The number of rotatable bonds is 2. The zero-order valence-corrected chi connectivity index (χ0v) is 14.9. The van der Waals surface area contributed by atoms with E-state index in [2.05, 4.69) is 26.0 Å². The second-order valence-electron chi connectivity index (χ2n) is 5.13. The molecule has 0 aromatic carbocycles. The average molecular weight is 417 g/mol. The number of aromatic nitrogens is 3. The number of carbonyl (C=O) groups is 1. The Bertz CT molecular complexity index is 1150. The number of fused-ring (bicyclic) bond motifs is 1. The Labute approximate surface area is 152 Å². The van der Waals surface area contributed by atoms with Gasteiger partial charge in [-0.05, 0) is 51.9 Å². The van der Waals surface area contributed by atoms with Gasteiger partial charge in [0.15, 0.2) is 16.6 Å². The van der Waals surface area contributed by atoms with Crippen molar-refractivity contribution in [2.24, 2.45) is 0 Å². The molecule has 4 rings (SSSR count). The number of hydrogen-bond donors (Lipinski definition) is 1. The first kappa shape index (κ1) is 15.7. The molecule has 0 saturated heterocycles. The number of carbonyl (C=O) groups excluding carboxylic acids is 1. The third-order valence-electron chi connectivity index (χ3n) is 3.49. The maximum Gasteiger partial charge on any atom is 0.283 e. The number of nitrogens with two attached hydrogens (primary N) is 1. The lowest BCUT2D eigenvalue weighted by Gasteiger charge is -2.05. The molecule has 0 bridgehead atoms. The molecule has 2 N–H and O–H groups in total. The molecule has 1 aliphatic carbocycles. The molecule has 3 heterocycles. The van der Waals surface area contributed by atoms with Crippen LogP contribution in [0.25, 0.3) is 21.8 Å². The highest BCUT2D eigenvalue weighted by Crippen LogP contribution is 2.27. The van der Waals surface area contributed by atoms with Crippen LogP contribution in [0.2, 0.25) is 0 Å². The lowest BCUT2D eigenvalue weighted by Crippen LogP contribution is -2.16. The fourth-order valence-corrected chi connectivity index (χ4v) is 3.55. The molecular formula is C16H9BrN4O3S. The summed E-state index contributed by atoms with van der Waals surface area (Å²) in [4.78, 5) is 28.2. The van der Waals surface area contributed by atoms with Gasteiger partial charge in [0.2, 0.25) is 4.96 Å². The molecule has 0 atom stereocenters. The van der Waals surface area contributed by atoms with Gasteiger partial charge in [-0.3, -0.25) is 9.59 Å². The predicted octanol–water partition coefficient (Wildman–Crippen LogP) is 2.79. The number of hydrogen-bond acceptors (Lipinski definition) is 7. The van der Waals surface area contributed by atoms with E-state index in [4.69, 9.17) is 10.2 Å². The van der Waals surface area contributed by atoms with Gasteiger partial charge in [0.05, 0.1) is 16.3 Å². The third-order valence-corrected chi connectivity index (χ3v) is 5.03. The fraction of sp³-hybridized carbons (Fsp3) is 0. The minimum atomic E-state index is -0.463. The van der Waals surface area contributed by atoms with E-state index in [9.17, 15) is 9.59 Å². The number of furan rings is 1. The Kier molecular flexibility index (Phi) is 3.74. The van der Waals surface area contributed by atoms with E-state index in [1.54, 1.807) is 36.6 Å². The Hall–Kier alpha value is -2.78. The van der Waals surface area contributed by atoms with Crippen LogP contribution in [-0.2, 0) is 4.79 Å². The first-order valence-corrected chi connectivity index (χ1v) is 8.68. The van der Waals surface area contributed by atoms with Crippen molar-refractivity contribution in [1.82, 2.24) is 14.6 Å². The van der Waals surface area contributed by atoms with Crippen LogP contribution >= 0.6 is 27.3 Å². The van der Waals surface area contributed by atoms with Crippen molar-refractivity contribution in [1.29, 1.82) is 0 Å². The predicted molar refractivity (Wildman–Crippen MR) is 98.4 cm³/mol. The molecule has 1 aliphatic rings. The van der Waals surface area contributed by atoms with Gasteiger partial charge in [-0.25, -0.2) is 0 Å². The lowest BCUT2D eigenvalue weighted by atomic mass is 10.1. The summed E-state index contributed by atoms with van der Waals surface area (Å²) in [6, 6.07) is 3.51. The molecule has 3 aromatic heterocycles. The number of ketones is 1. The minimum absolute atomic E-state index is 0.141. The molecule has 0 unspecified atom stereocenters. The van der Waals surface area contributed by atoms with Gasteiger partial charge in [0.1, 0.15) is 5.82 Å². The molecule has 124 valence electrons. The highest BCUT2D eigenvalue weighted by molar-refractivity contribution is 9.12. The summed E-state index contributed by atoms with van der Waals surface area (Å²) in [5, 5.41) is 4.93. The topological polar surface area (TPSA) is 103 Å². The molecule has 0 radical (unpaired) electrons. The van der Waals surface area contributed by atoms with E-state index in [0.29, 0.717) is 25.8 Å². The van der Waals surface area contributed by atoms with Crippen molar-refractivity contribution in [2.75, 3.05) is 5.73 Å². The maximum atomic E-state index is 12.4.